The molecular formula is C33H33F2NO5. The number of ketones is 1. The number of ether oxygens (including phenoxy) is 2. The third-order valence-electron chi connectivity index (χ3n) is 8.46. The molecule has 1 heterocycles. The molecule has 6 nitrogen and oxygen atoms in total. The van der Waals surface area contributed by atoms with Crippen molar-refractivity contribution in [2.75, 3.05) is 7.11 Å². The van der Waals surface area contributed by atoms with E-state index in [1.165, 1.54) is 24.3 Å². The van der Waals surface area contributed by atoms with Crippen molar-refractivity contribution in [3.8, 4) is 11.5 Å². The van der Waals surface area contributed by atoms with Gasteiger partial charge in [0.05, 0.1) is 18.6 Å². The van der Waals surface area contributed by atoms with Crippen LogP contribution in [0.5, 0.6) is 11.5 Å². The second kappa shape index (κ2) is 11.4. The van der Waals surface area contributed by atoms with Crippen LogP contribution in [0.3, 0.4) is 0 Å². The summed E-state index contributed by atoms with van der Waals surface area (Å²) in [6.45, 7) is 3.42. The molecule has 0 radical (unpaired) electrons. The Morgan fingerprint density at radius 3 is 2.59 bits per heavy atom. The van der Waals surface area contributed by atoms with E-state index in [1.54, 1.807) is 38.3 Å². The average Bonchev–Trinajstić information content (AvgIpc) is 2.95. The quantitative estimate of drug-likeness (QED) is 0.327. The first kappa shape index (κ1) is 28.3. The summed E-state index contributed by atoms with van der Waals surface area (Å²) in [7, 11) is 1.61. The molecule has 3 aromatic rings. The number of carbonyl (C=O) groups excluding carboxylic acids is 2. The molecule has 8 heteroatoms. The number of rotatable bonds is 7. The lowest BCUT2D eigenvalue weighted by atomic mass is 9.56. The second-order valence-electron chi connectivity index (χ2n) is 10.9. The van der Waals surface area contributed by atoms with Gasteiger partial charge in [-0.15, -0.1) is 0 Å². The number of allylic oxidation sites excluding steroid dienone is 1. The number of alkyl halides is 2. The van der Waals surface area contributed by atoms with E-state index in [-0.39, 0.29) is 47.7 Å². The van der Waals surface area contributed by atoms with Crippen LogP contribution in [0.25, 0.3) is 0 Å². The molecular weight excluding hydrogens is 528 g/mol. The highest BCUT2D eigenvalue weighted by atomic mass is 19.3. The summed E-state index contributed by atoms with van der Waals surface area (Å²) in [5.74, 6) is -0.627. The van der Waals surface area contributed by atoms with Crippen molar-refractivity contribution in [2.24, 2.45) is 5.92 Å². The number of phenolic OH excluding ortho intramolecular Hbond substituents is 1. The van der Waals surface area contributed by atoms with Crippen molar-refractivity contribution in [1.29, 1.82) is 0 Å². The molecule has 2 N–H and O–H groups in total. The van der Waals surface area contributed by atoms with Gasteiger partial charge in [0, 0.05) is 29.1 Å². The summed E-state index contributed by atoms with van der Waals surface area (Å²) in [6.07, 6.45) is -1.74. The van der Waals surface area contributed by atoms with Gasteiger partial charge in [-0.3, -0.25) is 4.79 Å². The highest BCUT2D eigenvalue weighted by Crippen LogP contribution is 2.51. The van der Waals surface area contributed by atoms with E-state index >= 15 is 0 Å². The Morgan fingerprint density at radius 1 is 1.10 bits per heavy atom. The van der Waals surface area contributed by atoms with Gasteiger partial charge in [-0.05, 0) is 60.2 Å². The Hall–Kier alpha value is -4.20. The number of hydrogen-bond acceptors (Lipinski definition) is 6. The van der Waals surface area contributed by atoms with E-state index in [0.29, 0.717) is 23.2 Å². The van der Waals surface area contributed by atoms with Crippen LogP contribution in [-0.4, -0.2) is 30.0 Å². The molecule has 2 unspecified atom stereocenters. The number of carbonyl (C=O) groups is 2. The van der Waals surface area contributed by atoms with Crippen molar-refractivity contribution in [2.45, 2.75) is 57.1 Å². The number of Topliss-reactive ketones (excluding diaryl/α,β-unsaturated/α-hetero) is 1. The molecule has 1 fully saturated rings. The number of phenols is 1. The van der Waals surface area contributed by atoms with E-state index in [9.17, 15) is 23.5 Å². The Labute approximate surface area is 238 Å². The van der Waals surface area contributed by atoms with E-state index in [0.717, 1.165) is 11.3 Å². The van der Waals surface area contributed by atoms with Crippen molar-refractivity contribution < 1.29 is 33.0 Å². The minimum atomic E-state index is -2.64. The fourth-order valence-corrected chi connectivity index (χ4v) is 6.68. The molecule has 0 aromatic heterocycles. The number of esters is 1. The van der Waals surface area contributed by atoms with Gasteiger partial charge in [0.15, 0.2) is 0 Å². The van der Waals surface area contributed by atoms with Gasteiger partial charge in [-0.1, -0.05) is 55.5 Å². The maximum atomic E-state index is 14.1. The minimum absolute atomic E-state index is 0.0158. The molecule has 0 saturated heterocycles. The third-order valence-corrected chi connectivity index (χ3v) is 8.46. The van der Waals surface area contributed by atoms with E-state index in [1.807, 2.05) is 31.2 Å². The van der Waals surface area contributed by atoms with E-state index < -0.39 is 23.7 Å². The third kappa shape index (κ3) is 5.31. The fourth-order valence-electron chi connectivity index (χ4n) is 6.68. The van der Waals surface area contributed by atoms with E-state index in [4.69, 9.17) is 9.47 Å². The van der Waals surface area contributed by atoms with Gasteiger partial charge in [0.25, 0.3) is 6.43 Å². The van der Waals surface area contributed by atoms with Gasteiger partial charge in [-0.25, -0.2) is 13.6 Å². The Kier molecular flexibility index (Phi) is 7.84. The Morgan fingerprint density at radius 2 is 1.85 bits per heavy atom. The Bertz CT molecular complexity index is 1500. The zero-order valence-corrected chi connectivity index (χ0v) is 23.2. The lowest BCUT2D eigenvalue weighted by Crippen LogP contribution is -2.59. The molecule has 3 aromatic carbocycles. The Balaban J connectivity index is 1.52. The normalized spacial score (nSPS) is 24.0. The summed E-state index contributed by atoms with van der Waals surface area (Å²) in [4.78, 5) is 27.8. The predicted molar refractivity (Wildman–Crippen MR) is 150 cm³/mol. The molecule has 1 aliphatic carbocycles. The fraction of sp³-hybridized carbons (Fsp3) is 0.333. The molecule has 0 spiro atoms. The van der Waals surface area contributed by atoms with Crippen LogP contribution < -0.4 is 10.1 Å². The number of nitrogens with one attached hydrogen (secondary N) is 1. The number of halogens is 2. The van der Waals surface area contributed by atoms with Gasteiger partial charge < -0.3 is 19.9 Å². The molecule has 0 bridgehead atoms. The average molecular weight is 562 g/mol. The van der Waals surface area contributed by atoms with Crippen LogP contribution >= 0.6 is 0 Å². The number of methoxy groups -OCH3 is 1. The number of benzene rings is 3. The number of fused-ring (bicyclic) bond motifs is 1. The van der Waals surface area contributed by atoms with Crippen LogP contribution in [0.15, 0.2) is 84.1 Å². The van der Waals surface area contributed by atoms with Crippen molar-refractivity contribution in [3.63, 3.8) is 0 Å². The zero-order valence-electron chi connectivity index (χ0n) is 23.2. The summed E-state index contributed by atoms with van der Waals surface area (Å²) >= 11 is 0. The van der Waals surface area contributed by atoms with Gasteiger partial charge >= 0.3 is 5.97 Å². The van der Waals surface area contributed by atoms with Crippen LogP contribution in [0, 0.1) is 5.92 Å². The zero-order chi connectivity index (χ0) is 29.3. The van der Waals surface area contributed by atoms with E-state index in [2.05, 4.69) is 5.32 Å². The first-order chi connectivity index (χ1) is 19.6. The number of hydrogen-bond donors (Lipinski definition) is 2. The van der Waals surface area contributed by atoms with Crippen LogP contribution in [0.1, 0.15) is 61.3 Å². The smallest absolute Gasteiger partial charge is 0.337 e. The van der Waals surface area contributed by atoms with Crippen molar-refractivity contribution >= 4 is 11.8 Å². The largest absolute Gasteiger partial charge is 0.508 e. The van der Waals surface area contributed by atoms with Gasteiger partial charge in [0.2, 0.25) is 0 Å². The first-order valence-electron chi connectivity index (χ1n) is 13.6. The van der Waals surface area contributed by atoms with Crippen LogP contribution in [-0.2, 0) is 26.3 Å². The minimum Gasteiger partial charge on any atom is -0.508 e. The monoisotopic (exact) mass is 561 g/mol. The molecule has 4 atom stereocenters. The maximum Gasteiger partial charge on any atom is 0.337 e. The highest BCUT2D eigenvalue weighted by Gasteiger charge is 2.55. The highest BCUT2D eigenvalue weighted by molar-refractivity contribution is 5.96. The molecule has 1 aliphatic heterocycles. The number of para-hydroxylation sites is 1. The second-order valence-corrected chi connectivity index (χ2v) is 10.9. The maximum absolute atomic E-state index is 14.1. The molecule has 0 amide bonds. The SMILES string of the molecule is COc1ccccc1[C@H]1CC(=O)C2C(C1)NC(C)=C(C(=O)OCc1cccc(C(F)F)c1)[C@]2(C)c1cccc(O)c1. The van der Waals surface area contributed by atoms with Crippen molar-refractivity contribution in [1.82, 2.24) is 5.32 Å². The predicted octanol–water partition coefficient (Wildman–Crippen LogP) is 6.35. The summed E-state index contributed by atoms with van der Waals surface area (Å²) < 4.78 is 37.7. The lowest BCUT2D eigenvalue weighted by Gasteiger charge is -2.50. The summed E-state index contributed by atoms with van der Waals surface area (Å²) in [6, 6.07) is 19.7. The van der Waals surface area contributed by atoms with Crippen molar-refractivity contribution in [3.05, 3.63) is 106 Å². The molecule has 41 heavy (non-hydrogen) atoms. The standard InChI is InChI=1S/C33H33F2NO5/c1-19-29(32(39)41-18-20-8-6-9-21(14-20)31(34)35)33(2,23-10-7-11-24(37)17-23)30-26(36-19)15-22(16-27(30)38)25-12-4-5-13-28(25)40-3/h4-14,17,22,26,30-31,36-37H,15-16,18H2,1-3H3/t22-,26?,30?,33+/m1/s1. The summed E-state index contributed by atoms with van der Waals surface area (Å²) in [5.41, 5.74) is 1.57. The van der Waals surface area contributed by atoms with Gasteiger partial charge in [0.1, 0.15) is 23.9 Å². The summed E-state index contributed by atoms with van der Waals surface area (Å²) in [5, 5.41) is 13.8. The molecule has 2 aliphatic rings. The number of aromatic hydroxyl groups is 1. The molecule has 5 rings (SSSR count). The molecule has 1 saturated carbocycles. The van der Waals surface area contributed by atoms with Gasteiger partial charge in [-0.2, -0.15) is 0 Å². The lowest BCUT2D eigenvalue weighted by molar-refractivity contribution is -0.142. The topological polar surface area (TPSA) is 84.9 Å². The van der Waals surface area contributed by atoms with Crippen LogP contribution in [0.2, 0.25) is 0 Å². The first-order valence-corrected chi connectivity index (χ1v) is 13.6. The molecule has 214 valence electrons. The van der Waals surface area contributed by atoms with Crippen LogP contribution in [0.4, 0.5) is 8.78 Å².